The van der Waals surface area contributed by atoms with Crippen molar-refractivity contribution in [1.29, 1.82) is 0 Å². The van der Waals surface area contributed by atoms with Gasteiger partial charge in [0.1, 0.15) is 6.10 Å². The van der Waals surface area contributed by atoms with Gasteiger partial charge in [-0.1, -0.05) is 11.6 Å². The van der Waals surface area contributed by atoms with Crippen LogP contribution in [0.5, 0.6) is 0 Å². The SMILES string of the molecule is O=CC1OCC[C@@H]1N1CCCc2cc(Cl)ccc21. The number of halogens is 1. The lowest BCUT2D eigenvalue weighted by molar-refractivity contribution is -0.116. The van der Waals surface area contributed by atoms with Crippen LogP contribution in [0.15, 0.2) is 18.2 Å². The molecule has 0 radical (unpaired) electrons. The number of nitrogens with zero attached hydrogens (tertiary/aromatic N) is 1. The summed E-state index contributed by atoms with van der Waals surface area (Å²) in [7, 11) is 0. The van der Waals surface area contributed by atoms with Crippen LogP contribution < -0.4 is 4.90 Å². The van der Waals surface area contributed by atoms with Crippen molar-refractivity contribution in [2.45, 2.75) is 31.4 Å². The monoisotopic (exact) mass is 265 g/mol. The van der Waals surface area contributed by atoms with E-state index >= 15 is 0 Å². The number of aryl methyl sites for hydroxylation is 1. The second kappa shape index (κ2) is 4.90. The molecule has 96 valence electrons. The van der Waals surface area contributed by atoms with E-state index in [2.05, 4.69) is 11.0 Å². The third-order valence-electron chi connectivity index (χ3n) is 3.83. The summed E-state index contributed by atoms with van der Waals surface area (Å²) in [6, 6.07) is 6.21. The molecule has 2 aliphatic heterocycles. The lowest BCUT2D eigenvalue weighted by Gasteiger charge is -2.37. The lowest BCUT2D eigenvalue weighted by atomic mass is 9.98. The maximum atomic E-state index is 11.1. The van der Waals surface area contributed by atoms with Crippen LogP contribution in [0.4, 0.5) is 5.69 Å². The van der Waals surface area contributed by atoms with Crippen molar-refractivity contribution < 1.29 is 9.53 Å². The van der Waals surface area contributed by atoms with Gasteiger partial charge in [0.2, 0.25) is 0 Å². The van der Waals surface area contributed by atoms with Crippen molar-refractivity contribution in [2.24, 2.45) is 0 Å². The molecule has 2 atom stereocenters. The van der Waals surface area contributed by atoms with Crippen LogP contribution >= 0.6 is 11.6 Å². The first-order valence-electron chi connectivity index (χ1n) is 6.41. The summed E-state index contributed by atoms with van der Waals surface area (Å²) in [5.41, 5.74) is 2.50. The number of carbonyl (C=O) groups excluding carboxylic acids is 1. The molecule has 1 fully saturated rings. The van der Waals surface area contributed by atoms with Crippen LogP contribution in [0, 0.1) is 0 Å². The van der Waals surface area contributed by atoms with Gasteiger partial charge in [-0.15, -0.1) is 0 Å². The Morgan fingerprint density at radius 3 is 3.17 bits per heavy atom. The number of ether oxygens (including phenoxy) is 1. The highest BCUT2D eigenvalue weighted by molar-refractivity contribution is 6.30. The Morgan fingerprint density at radius 2 is 2.33 bits per heavy atom. The zero-order valence-electron chi connectivity index (χ0n) is 10.1. The predicted octanol–water partition coefficient (Wildman–Crippen LogP) is 2.45. The fourth-order valence-electron chi connectivity index (χ4n) is 3.00. The van der Waals surface area contributed by atoms with E-state index in [4.69, 9.17) is 16.3 Å². The molecule has 0 spiro atoms. The van der Waals surface area contributed by atoms with E-state index in [0.29, 0.717) is 6.61 Å². The Kier molecular flexibility index (Phi) is 3.27. The van der Waals surface area contributed by atoms with E-state index in [-0.39, 0.29) is 12.1 Å². The molecule has 0 saturated carbocycles. The van der Waals surface area contributed by atoms with Gasteiger partial charge >= 0.3 is 0 Å². The second-order valence-electron chi connectivity index (χ2n) is 4.90. The minimum absolute atomic E-state index is 0.183. The number of hydrogen-bond donors (Lipinski definition) is 0. The summed E-state index contributed by atoms with van der Waals surface area (Å²) in [5, 5.41) is 0.783. The molecule has 0 aromatic heterocycles. The molecule has 3 nitrogen and oxygen atoms in total. The number of fused-ring (bicyclic) bond motifs is 1. The van der Waals surface area contributed by atoms with E-state index in [1.165, 1.54) is 11.3 Å². The van der Waals surface area contributed by atoms with Gasteiger partial charge in [0, 0.05) is 23.9 Å². The lowest BCUT2D eigenvalue weighted by Crippen LogP contribution is -2.44. The molecule has 4 heteroatoms. The van der Waals surface area contributed by atoms with Gasteiger partial charge in [-0.25, -0.2) is 0 Å². The molecule has 0 N–H and O–H groups in total. The molecule has 1 saturated heterocycles. The molecular formula is C14H16ClNO2. The van der Waals surface area contributed by atoms with E-state index in [1.807, 2.05) is 12.1 Å². The fraction of sp³-hybridized carbons (Fsp3) is 0.500. The van der Waals surface area contributed by atoms with Crippen LogP contribution in [0.25, 0.3) is 0 Å². The summed E-state index contributed by atoms with van der Waals surface area (Å²) in [6.07, 6.45) is 3.74. The zero-order valence-corrected chi connectivity index (χ0v) is 10.9. The van der Waals surface area contributed by atoms with Gasteiger partial charge in [-0.2, -0.15) is 0 Å². The zero-order chi connectivity index (χ0) is 12.5. The normalized spacial score (nSPS) is 27.1. The first kappa shape index (κ1) is 12.0. The minimum atomic E-state index is -0.286. The predicted molar refractivity (Wildman–Crippen MR) is 71.3 cm³/mol. The van der Waals surface area contributed by atoms with Gasteiger partial charge in [-0.3, -0.25) is 0 Å². The average Bonchev–Trinajstić information content (AvgIpc) is 2.85. The van der Waals surface area contributed by atoms with Gasteiger partial charge in [0.05, 0.1) is 6.04 Å². The summed E-state index contributed by atoms with van der Waals surface area (Å²) < 4.78 is 5.47. The maximum absolute atomic E-state index is 11.1. The molecule has 2 heterocycles. The Balaban J connectivity index is 1.93. The summed E-state index contributed by atoms with van der Waals surface area (Å²) >= 11 is 6.04. The largest absolute Gasteiger partial charge is 0.368 e. The summed E-state index contributed by atoms with van der Waals surface area (Å²) in [5.74, 6) is 0. The van der Waals surface area contributed by atoms with E-state index in [9.17, 15) is 4.79 Å². The van der Waals surface area contributed by atoms with Crippen LogP contribution in [0.2, 0.25) is 5.02 Å². The minimum Gasteiger partial charge on any atom is -0.368 e. The van der Waals surface area contributed by atoms with E-state index < -0.39 is 0 Å². The first-order chi connectivity index (χ1) is 8.79. The second-order valence-corrected chi connectivity index (χ2v) is 5.33. The molecule has 0 amide bonds. The molecule has 1 aromatic carbocycles. The van der Waals surface area contributed by atoms with Crippen LogP contribution in [-0.2, 0) is 16.0 Å². The fourth-order valence-corrected chi connectivity index (χ4v) is 3.20. The Labute approximate surface area is 112 Å². The van der Waals surface area contributed by atoms with Crippen LogP contribution in [-0.4, -0.2) is 31.6 Å². The highest BCUT2D eigenvalue weighted by Crippen LogP contribution is 2.34. The number of benzene rings is 1. The van der Waals surface area contributed by atoms with E-state index in [0.717, 1.165) is 37.1 Å². The molecule has 0 aliphatic carbocycles. The standard InChI is InChI=1S/C14H16ClNO2/c15-11-3-4-12-10(8-11)2-1-6-16(12)13-5-7-18-14(13)9-17/h3-4,8-9,13-14H,1-2,5-7H2/t13-,14?/m0/s1. The number of hydrogen-bond acceptors (Lipinski definition) is 3. The molecular weight excluding hydrogens is 250 g/mol. The highest BCUT2D eigenvalue weighted by atomic mass is 35.5. The highest BCUT2D eigenvalue weighted by Gasteiger charge is 2.34. The number of aldehydes is 1. The summed E-state index contributed by atoms with van der Waals surface area (Å²) in [4.78, 5) is 13.4. The number of anilines is 1. The smallest absolute Gasteiger partial charge is 0.150 e. The molecule has 1 unspecified atom stereocenters. The van der Waals surface area contributed by atoms with Crippen molar-refractivity contribution in [3.05, 3.63) is 28.8 Å². The topological polar surface area (TPSA) is 29.5 Å². The maximum Gasteiger partial charge on any atom is 0.150 e. The number of carbonyl (C=O) groups is 1. The average molecular weight is 266 g/mol. The third-order valence-corrected chi connectivity index (χ3v) is 4.07. The van der Waals surface area contributed by atoms with Gasteiger partial charge < -0.3 is 14.4 Å². The third kappa shape index (κ3) is 2.02. The van der Waals surface area contributed by atoms with Crippen molar-refractivity contribution in [1.82, 2.24) is 0 Å². The van der Waals surface area contributed by atoms with Crippen molar-refractivity contribution in [3.63, 3.8) is 0 Å². The van der Waals surface area contributed by atoms with Gasteiger partial charge in [0.25, 0.3) is 0 Å². The van der Waals surface area contributed by atoms with Crippen molar-refractivity contribution >= 4 is 23.6 Å². The Hall–Kier alpha value is -1.06. The van der Waals surface area contributed by atoms with E-state index in [1.54, 1.807) is 0 Å². The summed E-state index contributed by atoms with van der Waals surface area (Å²) in [6.45, 7) is 1.67. The molecule has 0 bridgehead atoms. The number of rotatable bonds is 2. The Bertz CT molecular complexity index is 463. The van der Waals surface area contributed by atoms with Gasteiger partial charge in [-0.05, 0) is 43.0 Å². The van der Waals surface area contributed by atoms with Crippen LogP contribution in [0.3, 0.4) is 0 Å². The first-order valence-corrected chi connectivity index (χ1v) is 6.79. The van der Waals surface area contributed by atoms with Gasteiger partial charge in [0.15, 0.2) is 6.29 Å². The van der Waals surface area contributed by atoms with Crippen molar-refractivity contribution in [3.8, 4) is 0 Å². The molecule has 18 heavy (non-hydrogen) atoms. The Morgan fingerprint density at radius 1 is 1.44 bits per heavy atom. The molecule has 3 rings (SSSR count). The van der Waals surface area contributed by atoms with Crippen LogP contribution in [0.1, 0.15) is 18.4 Å². The quantitative estimate of drug-likeness (QED) is 0.770. The van der Waals surface area contributed by atoms with Crippen molar-refractivity contribution in [2.75, 3.05) is 18.1 Å². The molecule has 1 aromatic rings. The molecule has 2 aliphatic rings.